The number of anilines is 2. The van der Waals surface area contributed by atoms with E-state index in [0.29, 0.717) is 24.3 Å². The number of carboxylic acids is 1. The van der Waals surface area contributed by atoms with Gasteiger partial charge in [0, 0.05) is 24.3 Å². The second-order valence-electron chi connectivity index (χ2n) is 8.10. The number of hydrogen-bond acceptors (Lipinski definition) is 5. The molecule has 7 nitrogen and oxygen atoms in total. The van der Waals surface area contributed by atoms with E-state index in [0.717, 1.165) is 6.42 Å². The summed E-state index contributed by atoms with van der Waals surface area (Å²) >= 11 is 0. The largest absolute Gasteiger partial charge is 0.481 e. The Balaban J connectivity index is 1.74. The quantitative estimate of drug-likeness (QED) is 0.611. The number of piperidine rings is 2. The van der Waals surface area contributed by atoms with Crippen LogP contribution in [0.2, 0.25) is 0 Å². The molecule has 28 heavy (non-hydrogen) atoms. The topological polar surface area (TPSA) is 102 Å². The fraction of sp³-hybridized carbons (Fsp3) is 0.600. The number of carbonyl (C=O) groups excluding carboxylic acids is 1. The minimum atomic E-state index is -1.28. The minimum absolute atomic E-state index is 0.0771. The Kier molecular flexibility index (Phi) is 5.79. The fourth-order valence-electron chi connectivity index (χ4n) is 4.63. The molecule has 0 saturated carbocycles. The molecule has 2 unspecified atom stereocenters. The average Bonchev–Trinajstić information content (AvgIpc) is 2.57. The van der Waals surface area contributed by atoms with E-state index in [2.05, 4.69) is 10.6 Å². The molecule has 1 amide bonds. The Hall–Kier alpha value is -2.35. The van der Waals surface area contributed by atoms with Crippen molar-refractivity contribution in [2.75, 3.05) is 16.8 Å². The molecule has 0 aliphatic carbocycles. The van der Waals surface area contributed by atoms with E-state index in [1.54, 1.807) is 12.1 Å². The van der Waals surface area contributed by atoms with Crippen LogP contribution in [-0.2, 0) is 9.59 Å². The molecule has 0 radical (unpaired) electrons. The molecule has 154 valence electrons. The van der Waals surface area contributed by atoms with Crippen LogP contribution < -0.4 is 15.5 Å². The van der Waals surface area contributed by atoms with Gasteiger partial charge in [-0.25, -0.2) is 4.39 Å². The zero-order chi connectivity index (χ0) is 20.5. The Bertz CT molecular complexity index is 745. The zero-order valence-corrected chi connectivity index (χ0v) is 16.2. The lowest BCUT2D eigenvalue weighted by Crippen LogP contribution is -2.55. The van der Waals surface area contributed by atoms with E-state index in [-0.39, 0.29) is 43.3 Å². The van der Waals surface area contributed by atoms with E-state index in [9.17, 15) is 19.1 Å². The highest BCUT2D eigenvalue weighted by Crippen LogP contribution is 2.38. The van der Waals surface area contributed by atoms with Gasteiger partial charge in [0.2, 0.25) is 5.91 Å². The number of nitrogens with one attached hydrogen (secondary N) is 2. The van der Waals surface area contributed by atoms with Gasteiger partial charge in [-0.05, 0) is 57.7 Å². The number of benzene rings is 1. The van der Waals surface area contributed by atoms with Crippen molar-refractivity contribution in [1.82, 2.24) is 5.32 Å². The smallest absolute Gasteiger partial charge is 0.306 e. The van der Waals surface area contributed by atoms with Crippen molar-refractivity contribution in [3.8, 4) is 0 Å². The molecule has 2 fully saturated rings. The van der Waals surface area contributed by atoms with Crippen molar-refractivity contribution in [1.29, 1.82) is 0 Å². The van der Waals surface area contributed by atoms with Gasteiger partial charge in [-0.3, -0.25) is 9.59 Å². The standard InChI is InChI=1S/C20H28FN3O4/c1-12-9-20(28,11-18(25)26)10-13(2)24(12)17-6-5-14(8-15(17)21)23-16-4-3-7-22-19(16)27/h5-6,8,12-13,16,23,28H,3-4,7,9-11H2,1-2H3,(H,22,27)(H,25,26)/t12-,13+,16?,20?. The lowest BCUT2D eigenvalue weighted by molar-refractivity contribution is -0.144. The SMILES string of the molecule is C[C@@H]1CC(O)(CC(=O)O)C[C@H](C)N1c1ccc(NC2CCCNC2=O)cc1F. The molecule has 4 N–H and O–H groups in total. The summed E-state index contributed by atoms with van der Waals surface area (Å²) in [6, 6.07) is 4.01. The first kappa shape index (κ1) is 20.4. The van der Waals surface area contributed by atoms with Crippen LogP contribution in [0.4, 0.5) is 15.8 Å². The van der Waals surface area contributed by atoms with E-state index in [1.165, 1.54) is 6.07 Å². The van der Waals surface area contributed by atoms with Gasteiger partial charge in [0.1, 0.15) is 11.9 Å². The maximum Gasteiger partial charge on any atom is 0.306 e. The number of nitrogens with zero attached hydrogens (tertiary/aromatic N) is 1. The van der Waals surface area contributed by atoms with E-state index >= 15 is 0 Å². The molecule has 3 rings (SSSR count). The van der Waals surface area contributed by atoms with Crippen molar-refractivity contribution >= 4 is 23.3 Å². The number of aliphatic hydroxyl groups is 1. The summed E-state index contributed by atoms with van der Waals surface area (Å²) in [5.41, 5.74) is -0.327. The van der Waals surface area contributed by atoms with E-state index in [4.69, 9.17) is 5.11 Å². The van der Waals surface area contributed by atoms with Crippen LogP contribution in [-0.4, -0.2) is 52.4 Å². The van der Waals surface area contributed by atoms with Gasteiger partial charge in [-0.1, -0.05) is 0 Å². The van der Waals surface area contributed by atoms with Gasteiger partial charge >= 0.3 is 5.97 Å². The van der Waals surface area contributed by atoms with Crippen LogP contribution in [0.3, 0.4) is 0 Å². The van der Waals surface area contributed by atoms with Crippen molar-refractivity contribution in [3.63, 3.8) is 0 Å². The van der Waals surface area contributed by atoms with Crippen LogP contribution in [0, 0.1) is 5.82 Å². The van der Waals surface area contributed by atoms with Crippen LogP contribution in [0.5, 0.6) is 0 Å². The summed E-state index contributed by atoms with van der Waals surface area (Å²) < 4.78 is 14.9. The van der Waals surface area contributed by atoms with Crippen LogP contribution in [0.1, 0.15) is 46.0 Å². The predicted octanol–water partition coefficient (Wildman–Crippen LogP) is 2.10. The maximum absolute atomic E-state index is 14.9. The van der Waals surface area contributed by atoms with E-state index < -0.39 is 17.4 Å². The Morgan fingerprint density at radius 1 is 1.36 bits per heavy atom. The van der Waals surface area contributed by atoms with Gasteiger partial charge in [0.15, 0.2) is 0 Å². The molecular formula is C20H28FN3O4. The molecule has 0 bridgehead atoms. The lowest BCUT2D eigenvalue weighted by atomic mass is 9.80. The summed E-state index contributed by atoms with van der Waals surface area (Å²) in [4.78, 5) is 24.8. The van der Waals surface area contributed by atoms with Gasteiger partial charge in [-0.2, -0.15) is 0 Å². The number of amides is 1. The highest BCUT2D eigenvalue weighted by atomic mass is 19.1. The second-order valence-corrected chi connectivity index (χ2v) is 8.10. The number of rotatable bonds is 5. The third-order valence-electron chi connectivity index (χ3n) is 5.63. The molecule has 1 aromatic rings. The van der Waals surface area contributed by atoms with Crippen LogP contribution in [0.15, 0.2) is 18.2 Å². The maximum atomic E-state index is 14.9. The van der Waals surface area contributed by atoms with Crippen LogP contribution >= 0.6 is 0 Å². The first-order chi connectivity index (χ1) is 13.2. The Labute approximate surface area is 163 Å². The summed E-state index contributed by atoms with van der Waals surface area (Å²) in [5, 5.41) is 25.5. The molecule has 8 heteroatoms. The summed E-state index contributed by atoms with van der Waals surface area (Å²) in [7, 11) is 0. The normalized spacial score (nSPS) is 30.6. The molecule has 2 aliphatic heterocycles. The fourth-order valence-corrected chi connectivity index (χ4v) is 4.63. The third kappa shape index (κ3) is 4.38. The minimum Gasteiger partial charge on any atom is -0.481 e. The van der Waals surface area contributed by atoms with Crippen molar-refractivity contribution in [2.45, 2.75) is 69.7 Å². The first-order valence-electron chi connectivity index (χ1n) is 9.75. The van der Waals surface area contributed by atoms with Crippen molar-refractivity contribution < 1.29 is 24.2 Å². The Morgan fingerprint density at radius 2 is 2.04 bits per heavy atom. The monoisotopic (exact) mass is 393 g/mol. The molecule has 2 saturated heterocycles. The number of carbonyl (C=O) groups is 2. The van der Waals surface area contributed by atoms with Gasteiger partial charge in [-0.15, -0.1) is 0 Å². The van der Waals surface area contributed by atoms with Crippen molar-refractivity contribution in [3.05, 3.63) is 24.0 Å². The van der Waals surface area contributed by atoms with Crippen LogP contribution in [0.25, 0.3) is 0 Å². The summed E-state index contributed by atoms with van der Waals surface area (Å²) in [6.07, 6.45) is 1.78. The molecular weight excluding hydrogens is 365 g/mol. The predicted molar refractivity (Wildman–Crippen MR) is 104 cm³/mol. The second kappa shape index (κ2) is 7.95. The number of halogens is 1. The number of hydrogen-bond donors (Lipinski definition) is 4. The van der Waals surface area contributed by atoms with Gasteiger partial charge in [0.25, 0.3) is 0 Å². The molecule has 0 spiro atoms. The molecule has 2 heterocycles. The first-order valence-corrected chi connectivity index (χ1v) is 9.75. The lowest BCUT2D eigenvalue weighted by Gasteiger charge is -2.47. The molecule has 0 aromatic heterocycles. The summed E-state index contributed by atoms with van der Waals surface area (Å²) in [6.45, 7) is 4.39. The average molecular weight is 393 g/mol. The highest BCUT2D eigenvalue weighted by molar-refractivity contribution is 5.85. The van der Waals surface area contributed by atoms with Gasteiger partial charge in [0.05, 0.1) is 17.7 Å². The Morgan fingerprint density at radius 3 is 2.61 bits per heavy atom. The molecule has 4 atom stereocenters. The number of aliphatic carboxylic acids is 1. The number of carboxylic acid groups (broad SMARTS) is 1. The van der Waals surface area contributed by atoms with E-state index in [1.807, 2.05) is 18.7 Å². The summed E-state index contributed by atoms with van der Waals surface area (Å²) in [5.74, 6) is -1.53. The zero-order valence-electron chi connectivity index (χ0n) is 16.2. The molecule has 2 aliphatic rings. The molecule has 1 aromatic carbocycles. The van der Waals surface area contributed by atoms with Gasteiger partial charge < -0.3 is 25.7 Å². The third-order valence-corrected chi connectivity index (χ3v) is 5.63. The van der Waals surface area contributed by atoms with Crippen molar-refractivity contribution in [2.24, 2.45) is 0 Å². The highest BCUT2D eigenvalue weighted by Gasteiger charge is 2.42.